The van der Waals surface area contributed by atoms with Crippen molar-refractivity contribution >= 4 is 17.3 Å². The topological polar surface area (TPSA) is 110 Å². The van der Waals surface area contributed by atoms with E-state index in [1.807, 2.05) is 13.8 Å². The third-order valence-electron chi connectivity index (χ3n) is 2.68. The van der Waals surface area contributed by atoms with Crippen molar-refractivity contribution in [3.8, 4) is 0 Å². The van der Waals surface area contributed by atoms with E-state index in [0.717, 1.165) is 0 Å². The summed E-state index contributed by atoms with van der Waals surface area (Å²) in [5.74, 6) is -0.561. The highest BCUT2D eigenvalue weighted by molar-refractivity contribution is 5.81. The molecule has 7 nitrogen and oxygen atoms in total. The van der Waals surface area contributed by atoms with E-state index < -0.39 is 10.8 Å². The Morgan fingerprint density at radius 1 is 1.53 bits per heavy atom. The number of amides is 1. The van der Waals surface area contributed by atoms with E-state index in [4.69, 9.17) is 10.8 Å². The average Bonchev–Trinajstić information content (AvgIpc) is 2.34. The zero-order chi connectivity index (χ0) is 14.6. The van der Waals surface area contributed by atoms with Gasteiger partial charge in [0.15, 0.2) is 0 Å². The van der Waals surface area contributed by atoms with E-state index in [0.29, 0.717) is 11.3 Å². The molecule has 0 saturated carbocycles. The predicted molar refractivity (Wildman–Crippen MR) is 70.7 cm³/mol. The SMILES string of the molecule is CC(C)N(CC(N)=O)c1ccc(CO)cc1[N+](=O)[O-]. The number of primary amides is 1. The molecule has 0 saturated heterocycles. The van der Waals surface area contributed by atoms with Gasteiger partial charge in [-0.2, -0.15) is 0 Å². The van der Waals surface area contributed by atoms with Crippen LogP contribution in [0.3, 0.4) is 0 Å². The molecule has 1 rings (SSSR count). The molecule has 104 valence electrons. The molecular weight excluding hydrogens is 250 g/mol. The summed E-state index contributed by atoms with van der Waals surface area (Å²) >= 11 is 0. The second kappa shape index (κ2) is 6.14. The van der Waals surface area contributed by atoms with Gasteiger partial charge in [0, 0.05) is 12.1 Å². The van der Waals surface area contributed by atoms with Crippen molar-refractivity contribution in [2.24, 2.45) is 5.73 Å². The van der Waals surface area contributed by atoms with Gasteiger partial charge in [-0.3, -0.25) is 14.9 Å². The van der Waals surface area contributed by atoms with E-state index in [1.54, 1.807) is 11.0 Å². The fourth-order valence-corrected chi connectivity index (χ4v) is 1.77. The molecule has 0 atom stereocenters. The Hall–Kier alpha value is -2.15. The Morgan fingerprint density at radius 3 is 2.58 bits per heavy atom. The molecule has 1 amide bonds. The maximum Gasteiger partial charge on any atom is 0.292 e. The zero-order valence-corrected chi connectivity index (χ0v) is 10.9. The number of hydrogen-bond donors (Lipinski definition) is 2. The number of nitro benzene ring substituents is 1. The van der Waals surface area contributed by atoms with Gasteiger partial charge in [-0.1, -0.05) is 6.07 Å². The molecule has 0 bridgehead atoms. The van der Waals surface area contributed by atoms with Crippen LogP contribution < -0.4 is 10.6 Å². The van der Waals surface area contributed by atoms with Crippen LogP contribution in [0.15, 0.2) is 18.2 Å². The van der Waals surface area contributed by atoms with E-state index in [1.165, 1.54) is 12.1 Å². The van der Waals surface area contributed by atoms with Gasteiger partial charge in [-0.25, -0.2) is 0 Å². The Labute approximate surface area is 110 Å². The first-order valence-electron chi connectivity index (χ1n) is 5.80. The maximum atomic E-state index is 11.1. The molecule has 0 aromatic heterocycles. The molecule has 7 heteroatoms. The van der Waals surface area contributed by atoms with Gasteiger partial charge >= 0.3 is 0 Å². The highest BCUT2D eigenvalue weighted by atomic mass is 16.6. The minimum Gasteiger partial charge on any atom is -0.392 e. The lowest BCUT2D eigenvalue weighted by molar-refractivity contribution is -0.384. The molecule has 0 heterocycles. The lowest BCUT2D eigenvalue weighted by Gasteiger charge is -2.27. The second-order valence-corrected chi connectivity index (χ2v) is 4.43. The first-order valence-corrected chi connectivity index (χ1v) is 5.80. The molecule has 3 N–H and O–H groups in total. The molecule has 0 spiro atoms. The molecule has 0 aliphatic rings. The van der Waals surface area contributed by atoms with Crippen LogP contribution in [0.4, 0.5) is 11.4 Å². The van der Waals surface area contributed by atoms with Gasteiger partial charge in [0.2, 0.25) is 5.91 Å². The minimum absolute atomic E-state index is 0.100. The van der Waals surface area contributed by atoms with Gasteiger partial charge in [0.1, 0.15) is 5.69 Å². The number of rotatable bonds is 6. The number of anilines is 1. The molecule has 0 radical (unpaired) electrons. The third kappa shape index (κ3) is 3.65. The number of aliphatic hydroxyl groups excluding tert-OH is 1. The zero-order valence-electron chi connectivity index (χ0n) is 10.9. The van der Waals surface area contributed by atoms with Crippen LogP contribution in [-0.2, 0) is 11.4 Å². The Bertz CT molecular complexity index is 488. The molecule has 1 aromatic rings. The summed E-state index contributed by atoms with van der Waals surface area (Å²) in [6, 6.07) is 4.28. The molecule has 0 aliphatic carbocycles. The van der Waals surface area contributed by atoms with Crippen LogP contribution in [-0.4, -0.2) is 28.5 Å². The van der Waals surface area contributed by atoms with Gasteiger partial charge < -0.3 is 15.7 Å². The second-order valence-electron chi connectivity index (χ2n) is 4.43. The summed E-state index contributed by atoms with van der Waals surface area (Å²) in [5, 5.41) is 20.1. The lowest BCUT2D eigenvalue weighted by atomic mass is 10.1. The number of carbonyl (C=O) groups is 1. The van der Waals surface area contributed by atoms with Crippen molar-refractivity contribution in [1.82, 2.24) is 0 Å². The van der Waals surface area contributed by atoms with E-state index in [9.17, 15) is 14.9 Å². The van der Waals surface area contributed by atoms with Crippen molar-refractivity contribution < 1.29 is 14.8 Å². The third-order valence-corrected chi connectivity index (χ3v) is 2.68. The highest BCUT2D eigenvalue weighted by Crippen LogP contribution is 2.30. The van der Waals surface area contributed by atoms with Crippen molar-refractivity contribution in [3.05, 3.63) is 33.9 Å². The highest BCUT2D eigenvalue weighted by Gasteiger charge is 2.23. The molecule has 0 fully saturated rings. The van der Waals surface area contributed by atoms with Crippen LogP contribution in [0.5, 0.6) is 0 Å². The van der Waals surface area contributed by atoms with Crippen molar-refractivity contribution in [1.29, 1.82) is 0 Å². The first kappa shape index (κ1) is 14.9. The standard InChI is InChI=1S/C12H17N3O4/c1-8(2)14(6-12(13)17)10-4-3-9(7-16)5-11(10)15(18)19/h3-5,8,16H,6-7H2,1-2H3,(H2,13,17). The lowest BCUT2D eigenvalue weighted by Crippen LogP contribution is -2.38. The van der Waals surface area contributed by atoms with Crippen LogP contribution >= 0.6 is 0 Å². The Balaban J connectivity index is 3.29. The number of nitro groups is 1. The normalized spacial score (nSPS) is 10.5. The summed E-state index contributed by atoms with van der Waals surface area (Å²) in [5.41, 5.74) is 5.77. The number of carbonyl (C=O) groups excluding carboxylic acids is 1. The number of hydrogen-bond acceptors (Lipinski definition) is 5. The summed E-state index contributed by atoms with van der Waals surface area (Å²) in [7, 11) is 0. The fraction of sp³-hybridized carbons (Fsp3) is 0.417. The van der Waals surface area contributed by atoms with Gasteiger partial charge in [0.25, 0.3) is 5.69 Å². The quantitative estimate of drug-likeness (QED) is 0.584. The van der Waals surface area contributed by atoms with Gasteiger partial charge in [-0.15, -0.1) is 0 Å². The van der Waals surface area contributed by atoms with Crippen molar-refractivity contribution in [2.75, 3.05) is 11.4 Å². The Kier molecular flexibility index (Phi) is 4.82. The van der Waals surface area contributed by atoms with Gasteiger partial charge in [0.05, 0.1) is 18.1 Å². The molecule has 1 aromatic carbocycles. The number of aliphatic hydroxyl groups is 1. The minimum atomic E-state index is -0.561. The molecule has 0 unspecified atom stereocenters. The smallest absolute Gasteiger partial charge is 0.292 e. The number of benzene rings is 1. The molecular formula is C12H17N3O4. The van der Waals surface area contributed by atoms with Gasteiger partial charge in [-0.05, 0) is 25.5 Å². The fourth-order valence-electron chi connectivity index (χ4n) is 1.77. The largest absolute Gasteiger partial charge is 0.392 e. The van der Waals surface area contributed by atoms with Crippen LogP contribution in [0.25, 0.3) is 0 Å². The van der Waals surface area contributed by atoms with E-state index in [-0.39, 0.29) is 24.9 Å². The van der Waals surface area contributed by atoms with E-state index >= 15 is 0 Å². The van der Waals surface area contributed by atoms with Crippen LogP contribution in [0.2, 0.25) is 0 Å². The predicted octanol–water partition coefficient (Wildman–Crippen LogP) is 0.787. The summed E-state index contributed by atoms with van der Waals surface area (Å²) in [6.07, 6.45) is 0. The summed E-state index contributed by atoms with van der Waals surface area (Å²) < 4.78 is 0. The van der Waals surface area contributed by atoms with Crippen molar-refractivity contribution in [2.45, 2.75) is 26.5 Å². The summed E-state index contributed by atoms with van der Waals surface area (Å²) in [4.78, 5) is 23.2. The Morgan fingerprint density at radius 2 is 2.16 bits per heavy atom. The van der Waals surface area contributed by atoms with E-state index in [2.05, 4.69) is 0 Å². The molecule has 0 aliphatic heterocycles. The van der Waals surface area contributed by atoms with Crippen molar-refractivity contribution in [3.63, 3.8) is 0 Å². The number of nitrogens with two attached hydrogens (primary N) is 1. The maximum absolute atomic E-state index is 11.1. The monoisotopic (exact) mass is 267 g/mol. The molecule has 19 heavy (non-hydrogen) atoms. The average molecular weight is 267 g/mol. The van der Waals surface area contributed by atoms with Crippen LogP contribution in [0.1, 0.15) is 19.4 Å². The summed E-state index contributed by atoms with van der Waals surface area (Å²) in [6.45, 7) is 3.24. The number of nitrogens with zero attached hydrogens (tertiary/aromatic N) is 2. The van der Waals surface area contributed by atoms with Crippen LogP contribution in [0, 0.1) is 10.1 Å². The first-order chi connectivity index (χ1) is 8.86.